The third-order valence-corrected chi connectivity index (χ3v) is 8.48. The van der Waals surface area contributed by atoms with Crippen LogP contribution >= 0.6 is 11.6 Å². The van der Waals surface area contributed by atoms with Gasteiger partial charge in [-0.1, -0.05) is 23.7 Å². The van der Waals surface area contributed by atoms with Crippen LogP contribution in [0.25, 0.3) is 0 Å². The summed E-state index contributed by atoms with van der Waals surface area (Å²) in [5.41, 5.74) is 1.83. The van der Waals surface area contributed by atoms with Gasteiger partial charge in [-0.25, -0.2) is 13.4 Å². The van der Waals surface area contributed by atoms with Gasteiger partial charge in [-0.3, -0.25) is 14.6 Å². The van der Waals surface area contributed by atoms with Crippen molar-refractivity contribution in [1.82, 2.24) is 14.3 Å². The highest BCUT2D eigenvalue weighted by molar-refractivity contribution is 7.89. The number of amides is 2. The highest BCUT2D eigenvalue weighted by Gasteiger charge is 2.39. The van der Waals surface area contributed by atoms with Crippen LogP contribution in [-0.2, 0) is 27.8 Å². The van der Waals surface area contributed by atoms with Crippen LogP contribution < -0.4 is 15.4 Å². The van der Waals surface area contributed by atoms with Gasteiger partial charge in [0.15, 0.2) is 0 Å². The quantitative estimate of drug-likeness (QED) is 0.337. The molecule has 2 N–H and O–H groups in total. The summed E-state index contributed by atoms with van der Waals surface area (Å²) in [5, 5.41) is 5.89. The molecule has 0 fully saturated rings. The first-order valence-corrected chi connectivity index (χ1v) is 14.0. The van der Waals surface area contributed by atoms with E-state index in [1.165, 1.54) is 37.6 Å². The van der Waals surface area contributed by atoms with E-state index in [-0.39, 0.29) is 23.4 Å². The molecule has 0 spiro atoms. The number of hydrogen-bond acceptors (Lipinski definition) is 7. The number of methoxy groups -OCH3 is 1. The molecule has 3 heterocycles. The largest absolute Gasteiger partial charge is 0.495 e. The van der Waals surface area contributed by atoms with Crippen LogP contribution in [0.15, 0.2) is 90.1 Å². The van der Waals surface area contributed by atoms with Crippen molar-refractivity contribution in [2.24, 2.45) is 0 Å². The molecule has 4 aromatic rings. The zero-order valence-corrected chi connectivity index (χ0v) is 22.8. The minimum atomic E-state index is -4.20. The van der Waals surface area contributed by atoms with E-state index >= 15 is 0 Å². The van der Waals surface area contributed by atoms with Crippen LogP contribution in [0.1, 0.15) is 21.6 Å². The first-order valence-electron chi connectivity index (χ1n) is 12.2. The molecule has 204 valence electrons. The summed E-state index contributed by atoms with van der Waals surface area (Å²) >= 11 is 6.14. The SMILES string of the molecule is COc1ccc(NC(=O)c2ccc(S(=O)(=O)N3Cc4ccc(Cl)cc4NC(=O)C3Cc3ccccn3)cc2)nc1. The van der Waals surface area contributed by atoms with Crippen molar-refractivity contribution in [1.29, 1.82) is 0 Å². The van der Waals surface area contributed by atoms with Gasteiger partial charge in [-0.05, 0) is 66.2 Å². The molecule has 0 saturated heterocycles. The zero-order valence-electron chi connectivity index (χ0n) is 21.2. The van der Waals surface area contributed by atoms with Gasteiger partial charge < -0.3 is 15.4 Å². The van der Waals surface area contributed by atoms with Crippen LogP contribution in [0, 0.1) is 0 Å². The number of benzene rings is 2. The Morgan fingerprint density at radius 1 is 1.10 bits per heavy atom. The number of aromatic nitrogens is 2. The van der Waals surface area contributed by atoms with E-state index in [0.717, 1.165) is 4.31 Å². The monoisotopic (exact) mass is 577 g/mol. The summed E-state index contributed by atoms with van der Waals surface area (Å²) in [6.07, 6.45) is 3.11. The highest BCUT2D eigenvalue weighted by atomic mass is 35.5. The molecular formula is C28H24ClN5O5S. The Hall–Kier alpha value is -4.32. The summed E-state index contributed by atoms with van der Waals surface area (Å²) in [4.78, 5) is 34.4. The van der Waals surface area contributed by atoms with Gasteiger partial charge in [0.25, 0.3) is 5.91 Å². The molecule has 2 aromatic carbocycles. The fraction of sp³-hybridized carbons (Fsp3) is 0.143. The fourth-order valence-electron chi connectivity index (χ4n) is 4.27. The predicted octanol–water partition coefficient (Wildman–Crippen LogP) is 4.15. The number of carbonyl (C=O) groups is 2. The molecule has 0 bridgehead atoms. The van der Waals surface area contributed by atoms with Crippen LogP contribution in [0.3, 0.4) is 0 Å². The number of pyridine rings is 2. The molecule has 10 nitrogen and oxygen atoms in total. The number of rotatable bonds is 7. The zero-order chi connectivity index (χ0) is 28.3. The molecule has 0 aliphatic carbocycles. The van der Waals surface area contributed by atoms with Crippen molar-refractivity contribution in [3.05, 3.63) is 107 Å². The van der Waals surface area contributed by atoms with Gasteiger partial charge in [0.2, 0.25) is 15.9 Å². The number of hydrogen-bond donors (Lipinski definition) is 2. The number of nitrogens with one attached hydrogen (secondary N) is 2. The minimum absolute atomic E-state index is 0.0585. The lowest BCUT2D eigenvalue weighted by Crippen LogP contribution is -2.46. The summed E-state index contributed by atoms with van der Waals surface area (Å²) in [6, 6.07) is 17.8. The Labute approximate surface area is 236 Å². The maximum Gasteiger partial charge on any atom is 0.256 e. The van der Waals surface area contributed by atoms with Gasteiger partial charge in [0, 0.05) is 41.1 Å². The third-order valence-electron chi connectivity index (χ3n) is 6.37. The van der Waals surface area contributed by atoms with E-state index in [0.29, 0.717) is 33.5 Å². The molecule has 12 heteroatoms. The number of sulfonamides is 1. The molecule has 5 rings (SSSR count). The minimum Gasteiger partial charge on any atom is -0.495 e. The summed E-state index contributed by atoms with van der Waals surface area (Å²) in [5.74, 6) is -0.108. The van der Waals surface area contributed by atoms with Crippen LogP contribution in [0.2, 0.25) is 5.02 Å². The Morgan fingerprint density at radius 2 is 1.90 bits per heavy atom. The molecule has 2 aromatic heterocycles. The van der Waals surface area contributed by atoms with Gasteiger partial charge in [-0.15, -0.1) is 0 Å². The van der Waals surface area contributed by atoms with E-state index in [1.54, 1.807) is 54.7 Å². The molecule has 1 aliphatic rings. The number of ether oxygens (including phenoxy) is 1. The maximum atomic E-state index is 14.0. The number of nitrogens with zero attached hydrogens (tertiary/aromatic N) is 3. The van der Waals surface area contributed by atoms with E-state index in [1.807, 2.05) is 0 Å². The normalized spacial score (nSPS) is 15.4. The van der Waals surface area contributed by atoms with Gasteiger partial charge in [0.1, 0.15) is 17.6 Å². The third kappa shape index (κ3) is 5.81. The van der Waals surface area contributed by atoms with Crippen molar-refractivity contribution in [2.45, 2.75) is 23.9 Å². The standard InChI is InChI=1S/C28H24ClN5O5S/c1-39-22-9-12-26(31-16-22)33-27(35)18-6-10-23(11-7-18)40(37,38)34-17-19-5-8-20(29)14-24(19)32-28(36)25(34)15-21-4-2-3-13-30-21/h2-14,16,25H,15,17H2,1H3,(H,32,36)(H,31,33,35). The smallest absolute Gasteiger partial charge is 0.256 e. The Kier molecular flexibility index (Phi) is 7.78. The fourth-order valence-corrected chi connectivity index (χ4v) is 6.01. The van der Waals surface area contributed by atoms with Crippen molar-refractivity contribution in [3.63, 3.8) is 0 Å². The van der Waals surface area contributed by atoms with Gasteiger partial charge in [-0.2, -0.15) is 4.31 Å². The second-order valence-electron chi connectivity index (χ2n) is 8.94. The predicted molar refractivity (Wildman–Crippen MR) is 150 cm³/mol. The summed E-state index contributed by atoms with van der Waals surface area (Å²) in [7, 11) is -2.68. The molecule has 1 unspecified atom stereocenters. The van der Waals surface area contributed by atoms with Crippen LogP contribution in [0.4, 0.5) is 11.5 Å². The lowest BCUT2D eigenvalue weighted by atomic mass is 10.1. The van der Waals surface area contributed by atoms with Crippen LogP contribution in [-0.4, -0.2) is 47.7 Å². The second-order valence-corrected chi connectivity index (χ2v) is 11.3. The van der Waals surface area contributed by atoms with E-state index in [2.05, 4.69) is 20.6 Å². The summed E-state index contributed by atoms with van der Waals surface area (Å²) < 4.78 is 34.2. The van der Waals surface area contributed by atoms with Crippen molar-refractivity contribution < 1.29 is 22.7 Å². The number of halogens is 1. The molecule has 0 saturated carbocycles. The Morgan fingerprint density at radius 3 is 2.58 bits per heavy atom. The van der Waals surface area contributed by atoms with E-state index in [4.69, 9.17) is 16.3 Å². The van der Waals surface area contributed by atoms with Crippen LogP contribution in [0.5, 0.6) is 5.75 Å². The number of anilines is 2. The summed E-state index contributed by atoms with van der Waals surface area (Å²) in [6.45, 7) is -0.0730. The molecule has 0 radical (unpaired) electrons. The van der Waals surface area contributed by atoms with Gasteiger partial charge in [0.05, 0.1) is 18.2 Å². The lowest BCUT2D eigenvalue weighted by molar-refractivity contribution is -0.119. The molecule has 2 amide bonds. The molecule has 1 atom stereocenters. The molecule has 40 heavy (non-hydrogen) atoms. The first kappa shape index (κ1) is 27.3. The van der Waals surface area contributed by atoms with E-state index < -0.39 is 27.9 Å². The topological polar surface area (TPSA) is 131 Å². The van der Waals surface area contributed by atoms with Crippen molar-refractivity contribution >= 4 is 44.9 Å². The lowest BCUT2D eigenvalue weighted by Gasteiger charge is -2.27. The molecule has 1 aliphatic heterocycles. The average molecular weight is 578 g/mol. The maximum absolute atomic E-state index is 14.0. The molecular weight excluding hydrogens is 554 g/mol. The Bertz CT molecular complexity index is 1650. The van der Waals surface area contributed by atoms with Crippen molar-refractivity contribution in [3.8, 4) is 5.75 Å². The highest BCUT2D eigenvalue weighted by Crippen LogP contribution is 2.31. The van der Waals surface area contributed by atoms with Gasteiger partial charge >= 0.3 is 0 Å². The van der Waals surface area contributed by atoms with E-state index in [9.17, 15) is 18.0 Å². The van der Waals surface area contributed by atoms with Crippen molar-refractivity contribution in [2.75, 3.05) is 17.7 Å². The second kappa shape index (κ2) is 11.4. The number of fused-ring (bicyclic) bond motifs is 1. The first-order chi connectivity index (χ1) is 19.2. The Balaban J connectivity index is 1.44. The average Bonchev–Trinajstić information content (AvgIpc) is 3.10. The number of carbonyl (C=O) groups excluding carboxylic acids is 2.